The highest BCUT2D eigenvalue weighted by molar-refractivity contribution is 5.75. The monoisotopic (exact) mass is 291 g/mol. The Kier molecular flexibility index (Phi) is 4.01. The second-order valence-corrected chi connectivity index (χ2v) is 5.00. The van der Waals surface area contributed by atoms with Crippen molar-refractivity contribution in [1.29, 1.82) is 0 Å². The van der Waals surface area contributed by atoms with Crippen LogP contribution in [-0.2, 0) is 16.1 Å². The molecule has 21 heavy (non-hydrogen) atoms. The Morgan fingerprint density at radius 3 is 3.19 bits per heavy atom. The molecule has 7 nitrogen and oxygen atoms in total. The van der Waals surface area contributed by atoms with E-state index in [9.17, 15) is 4.79 Å². The van der Waals surface area contributed by atoms with E-state index in [4.69, 9.17) is 13.7 Å². The third-order valence-electron chi connectivity index (χ3n) is 3.63. The number of methoxy groups -OCH3 is 1. The Balaban J connectivity index is 1.71. The summed E-state index contributed by atoms with van der Waals surface area (Å²) in [4.78, 5) is 18.2. The number of carbonyl (C=O) groups is 1. The third-order valence-corrected chi connectivity index (χ3v) is 3.63. The zero-order chi connectivity index (χ0) is 14.7. The van der Waals surface area contributed by atoms with Crippen LogP contribution in [0.2, 0.25) is 0 Å². The fourth-order valence-electron chi connectivity index (χ4n) is 2.58. The van der Waals surface area contributed by atoms with Gasteiger partial charge < -0.3 is 13.7 Å². The molecule has 1 unspecified atom stereocenters. The zero-order valence-corrected chi connectivity index (χ0v) is 11.8. The molecule has 2 aromatic rings. The summed E-state index contributed by atoms with van der Waals surface area (Å²) >= 11 is 0. The number of piperidine rings is 1. The molecule has 0 bridgehead atoms. The molecule has 112 valence electrons. The molecule has 1 saturated heterocycles. The van der Waals surface area contributed by atoms with Crippen molar-refractivity contribution in [2.75, 3.05) is 13.7 Å². The molecule has 3 heterocycles. The Hall–Kier alpha value is -2.15. The van der Waals surface area contributed by atoms with Crippen LogP contribution >= 0.6 is 0 Å². The fraction of sp³-hybridized carbons (Fsp3) is 0.500. The molecule has 0 aromatic carbocycles. The van der Waals surface area contributed by atoms with Gasteiger partial charge in [-0.3, -0.25) is 9.69 Å². The first-order valence-electron chi connectivity index (χ1n) is 6.96. The Morgan fingerprint density at radius 2 is 2.43 bits per heavy atom. The van der Waals surface area contributed by atoms with Crippen molar-refractivity contribution in [2.45, 2.75) is 31.8 Å². The van der Waals surface area contributed by atoms with Crippen LogP contribution in [0.1, 0.15) is 25.1 Å². The number of esters is 1. The Morgan fingerprint density at radius 1 is 1.52 bits per heavy atom. The van der Waals surface area contributed by atoms with Crippen LogP contribution in [0, 0.1) is 0 Å². The summed E-state index contributed by atoms with van der Waals surface area (Å²) in [5, 5.41) is 3.95. The Labute approximate surface area is 121 Å². The van der Waals surface area contributed by atoms with Gasteiger partial charge in [0, 0.05) is 0 Å². The number of rotatable bonds is 4. The SMILES string of the molecule is COC(=O)C1CCCCN1Cc1noc(-c2ccco2)n1. The van der Waals surface area contributed by atoms with Crippen LogP contribution in [0.15, 0.2) is 27.3 Å². The summed E-state index contributed by atoms with van der Waals surface area (Å²) in [5.74, 6) is 1.22. The largest absolute Gasteiger partial charge is 0.468 e. The van der Waals surface area contributed by atoms with Crippen molar-refractivity contribution >= 4 is 5.97 Å². The minimum Gasteiger partial charge on any atom is -0.468 e. The number of ether oxygens (including phenoxy) is 1. The first kappa shape index (κ1) is 13.8. The maximum Gasteiger partial charge on any atom is 0.323 e. The highest BCUT2D eigenvalue weighted by Crippen LogP contribution is 2.22. The zero-order valence-electron chi connectivity index (χ0n) is 11.8. The molecule has 1 fully saturated rings. The summed E-state index contributed by atoms with van der Waals surface area (Å²) in [6, 6.07) is 3.29. The quantitative estimate of drug-likeness (QED) is 0.795. The van der Waals surface area contributed by atoms with E-state index < -0.39 is 0 Å². The highest BCUT2D eigenvalue weighted by Gasteiger charge is 2.30. The van der Waals surface area contributed by atoms with Gasteiger partial charge in [-0.1, -0.05) is 11.6 Å². The Bertz CT molecular complexity index is 593. The average molecular weight is 291 g/mol. The van der Waals surface area contributed by atoms with E-state index >= 15 is 0 Å². The third kappa shape index (κ3) is 2.97. The smallest absolute Gasteiger partial charge is 0.323 e. The van der Waals surface area contributed by atoms with Crippen LogP contribution < -0.4 is 0 Å². The maximum absolute atomic E-state index is 11.8. The van der Waals surface area contributed by atoms with Crippen LogP contribution in [-0.4, -0.2) is 40.7 Å². The molecule has 7 heteroatoms. The van der Waals surface area contributed by atoms with Gasteiger partial charge in [0.1, 0.15) is 6.04 Å². The average Bonchev–Trinajstić information content (AvgIpc) is 3.18. The van der Waals surface area contributed by atoms with Crippen LogP contribution in [0.25, 0.3) is 11.7 Å². The number of likely N-dealkylation sites (tertiary alicyclic amines) is 1. The van der Waals surface area contributed by atoms with E-state index in [1.807, 2.05) is 4.90 Å². The van der Waals surface area contributed by atoms with E-state index in [1.54, 1.807) is 18.4 Å². The second kappa shape index (κ2) is 6.09. The second-order valence-electron chi connectivity index (χ2n) is 5.00. The van der Waals surface area contributed by atoms with Gasteiger partial charge in [0.2, 0.25) is 0 Å². The van der Waals surface area contributed by atoms with Gasteiger partial charge >= 0.3 is 5.97 Å². The van der Waals surface area contributed by atoms with Gasteiger partial charge in [0.05, 0.1) is 19.9 Å². The minimum atomic E-state index is -0.227. The maximum atomic E-state index is 11.8. The number of hydrogen-bond donors (Lipinski definition) is 0. The predicted octanol–water partition coefficient (Wildman–Crippen LogP) is 1.86. The number of aromatic nitrogens is 2. The van der Waals surface area contributed by atoms with Gasteiger partial charge in [0.15, 0.2) is 11.6 Å². The van der Waals surface area contributed by atoms with E-state index in [-0.39, 0.29) is 12.0 Å². The van der Waals surface area contributed by atoms with Gasteiger partial charge in [-0.2, -0.15) is 4.98 Å². The summed E-state index contributed by atoms with van der Waals surface area (Å²) < 4.78 is 15.3. The molecule has 0 radical (unpaired) electrons. The minimum absolute atomic E-state index is 0.204. The first-order chi connectivity index (χ1) is 10.3. The number of hydrogen-bond acceptors (Lipinski definition) is 7. The lowest BCUT2D eigenvalue weighted by molar-refractivity contribution is -0.148. The van der Waals surface area contributed by atoms with Gasteiger partial charge in [-0.05, 0) is 31.5 Å². The van der Waals surface area contributed by atoms with Crippen molar-refractivity contribution in [1.82, 2.24) is 15.0 Å². The molecular formula is C14H17N3O4. The van der Waals surface area contributed by atoms with Crippen molar-refractivity contribution in [2.24, 2.45) is 0 Å². The molecule has 0 spiro atoms. The van der Waals surface area contributed by atoms with E-state index in [1.165, 1.54) is 7.11 Å². The van der Waals surface area contributed by atoms with Gasteiger partial charge in [-0.15, -0.1) is 0 Å². The van der Waals surface area contributed by atoms with Crippen molar-refractivity contribution in [3.63, 3.8) is 0 Å². The van der Waals surface area contributed by atoms with E-state index in [0.717, 1.165) is 25.8 Å². The normalized spacial score (nSPS) is 19.6. The molecule has 0 aliphatic carbocycles. The number of carbonyl (C=O) groups excluding carboxylic acids is 1. The lowest BCUT2D eigenvalue weighted by Crippen LogP contribution is -2.44. The van der Waals surface area contributed by atoms with Crippen molar-refractivity contribution in [3.05, 3.63) is 24.2 Å². The topological polar surface area (TPSA) is 81.6 Å². The van der Waals surface area contributed by atoms with Crippen LogP contribution in [0.3, 0.4) is 0 Å². The number of furan rings is 1. The van der Waals surface area contributed by atoms with Crippen molar-refractivity contribution < 1.29 is 18.5 Å². The summed E-state index contributed by atoms with van der Waals surface area (Å²) in [6.07, 6.45) is 4.43. The first-order valence-corrected chi connectivity index (χ1v) is 6.96. The number of nitrogens with zero attached hydrogens (tertiary/aromatic N) is 3. The standard InChI is InChI=1S/C14H17N3O4/c1-19-14(18)10-5-2-3-7-17(10)9-12-15-13(21-16-12)11-6-4-8-20-11/h4,6,8,10H,2-3,5,7,9H2,1H3. The van der Waals surface area contributed by atoms with Gasteiger partial charge in [0.25, 0.3) is 5.89 Å². The van der Waals surface area contributed by atoms with E-state index in [2.05, 4.69) is 10.1 Å². The predicted molar refractivity (Wildman–Crippen MR) is 72.1 cm³/mol. The molecule has 0 amide bonds. The molecule has 1 aliphatic heterocycles. The summed E-state index contributed by atoms with van der Waals surface area (Å²) in [6.45, 7) is 1.29. The van der Waals surface area contributed by atoms with Crippen molar-refractivity contribution in [3.8, 4) is 11.7 Å². The van der Waals surface area contributed by atoms with E-state index in [0.29, 0.717) is 24.0 Å². The van der Waals surface area contributed by atoms with Gasteiger partial charge in [-0.25, -0.2) is 0 Å². The summed E-state index contributed by atoms with van der Waals surface area (Å²) in [7, 11) is 1.42. The molecule has 3 rings (SSSR count). The molecule has 1 aliphatic rings. The molecule has 1 atom stereocenters. The highest BCUT2D eigenvalue weighted by atomic mass is 16.5. The molecule has 2 aromatic heterocycles. The lowest BCUT2D eigenvalue weighted by atomic mass is 10.0. The molecular weight excluding hydrogens is 274 g/mol. The fourth-order valence-corrected chi connectivity index (χ4v) is 2.58. The summed E-state index contributed by atoms with van der Waals surface area (Å²) in [5.41, 5.74) is 0. The van der Waals surface area contributed by atoms with Crippen LogP contribution in [0.4, 0.5) is 0 Å². The van der Waals surface area contributed by atoms with Crippen LogP contribution in [0.5, 0.6) is 0 Å². The lowest BCUT2D eigenvalue weighted by Gasteiger charge is -2.32. The molecule has 0 saturated carbocycles. The molecule has 0 N–H and O–H groups in total.